The monoisotopic (exact) mass is 374 g/mol. The van der Waals surface area contributed by atoms with Gasteiger partial charge in [-0.2, -0.15) is 5.10 Å². The summed E-state index contributed by atoms with van der Waals surface area (Å²) >= 11 is 0. The van der Waals surface area contributed by atoms with Crippen LogP contribution < -0.4 is 0 Å². The number of allylic oxidation sites excluding steroid dienone is 2. The molecule has 1 aliphatic heterocycles. The van der Waals surface area contributed by atoms with E-state index >= 15 is 0 Å². The van der Waals surface area contributed by atoms with E-state index in [2.05, 4.69) is 45.0 Å². The van der Waals surface area contributed by atoms with Gasteiger partial charge in [0.05, 0.1) is 11.8 Å². The van der Waals surface area contributed by atoms with E-state index in [1.165, 1.54) is 5.56 Å². The summed E-state index contributed by atoms with van der Waals surface area (Å²) in [4.78, 5) is 12.3. The minimum Gasteiger partial charge on any atom is -0.508 e. The third kappa shape index (κ3) is 3.59. The number of rotatable bonds is 3. The van der Waals surface area contributed by atoms with Crippen LogP contribution in [0.25, 0.3) is 0 Å². The van der Waals surface area contributed by atoms with Crippen LogP contribution in [0.5, 0.6) is 5.75 Å². The fraction of sp³-hybridized carbons (Fsp3) is 0.333. The molecule has 144 valence electrons. The van der Waals surface area contributed by atoms with Gasteiger partial charge in [-0.3, -0.25) is 9.80 Å². The topological polar surface area (TPSA) is 52.9 Å². The lowest BCUT2D eigenvalue weighted by Crippen LogP contribution is -2.29. The molecule has 0 spiro atoms. The van der Waals surface area contributed by atoms with Gasteiger partial charge in [0, 0.05) is 30.2 Å². The number of hydrogen-bond acceptors (Lipinski definition) is 4. The first-order valence-electron chi connectivity index (χ1n) is 9.77. The number of aromatic hydroxyl groups is 1. The maximum atomic E-state index is 12.3. The van der Waals surface area contributed by atoms with Crippen molar-refractivity contribution < 1.29 is 9.90 Å². The minimum absolute atomic E-state index is 0.0907. The number of carbonyl (C=O) groups excluding carboxylic acids is 1. The molecule has 1 atom stereocenters. The van der Waals surface area contributed by atoms with Gasteiger partial charge in [-0.15, -0.1) is 0 Å². The van der Waals surface area contributed by atoms with E-state index in [4.69, 9.17) is 5.10 Å². The van der Waals surface area contributed by atoms with Crippen LogP contribution in [-0.2, 0) is 4.79 Å². The molecule has 0 bridgehead atoms. The summed E-state index contributed by atoms with van der Waals surface area (Å²) in [5.41, 5.74) is 4.94. The van der Waals surface area contributed by atoms with E-state index < -0.39 is 0 Å². The molecule has 0 fully saturated rings. The maximum Gasteiger partial charge on any atom is 0.158 e. The highest BCUT2D eigenvalue weighted by molar-refractivity contribution is 6.02. The molecule has 0 aromatic heterocycles. The van der Waals surface area contributed by atoms with Crippen molar-refractivity contribution in [3.63, 3.8) is 0 Å². The highest BCUT2D eigenvalue weighted by atomic mass is 16.3. The zero-order valence-electron chi connectivity index (χ0n) is 16.6. The van der Waals surface area contributed by atoms with Crippen molar-refractivity contribution in [3.05, 3.63) is 77.0 Å². The number of ketones is 1. The van der Waals surface area contributed by atoms with Crippen LogP contribution >= 0.6 is 0 Å². The zero-order chi connectivity index (χ0) is 19.9. The van der Waals surface area contributed by atoms with E-state index in [-0.39, 0.29) is 23.0 Å². The number of para-hydroxylation sites is 1. The van der Waals surface area contributed by atoms with Crippen molar-refractivity contribution in [3.8, 4) is 5.75 Å². The molecule has 4 rings (SSSR count). The molecule has 1 N–H and O–H groups in total. The second kappa shape index (κ2) is 6.93. The Morgan fingerprint density at radius 3 is 2.46 bits per heavy atom. The van der Waals surface area contributed by atoms with E-state index in [0.717, 1.165) is 29.0 Å². The Hall–Kier alpha value is -2.88. The lowest BCUT2D eigenvalue weighted by atomic mass is 9.78. The predicted octanol–water partition coefficient (Wildman–Crippen LogP) is 5.12. The summed E-state index contributed by atoms with van der Waals surface area (Å²) in [5.74, 6) is 0.404. The van der Waals surface area contributed by atoms with Gasteiger partial charge in [-0.05, 0) is 30.4 Å². The average Bonchev–Trinajstić information content (AvgIpc) is 3.06. The third-order valence-electron chi connectivity index (χ3n) is 5.53. The van der Waals surface area contributed by atoms with Crippen LogP contribution in [-0.4, -0.2) is 21.6 Å². The van der Waals surface area contributed by atoms with Crippen molar-refractivity contribution in [2.24, 2.45) is 10.5 Å². The summed E-state index contributed by atoms with van der Waals surface area (Å²) in [5, 5.41) is 17.4. The normalized spacial score (nSPS) is 21.5. The fourth-order valence-electron chi connectivity index (χ4n) is 4.17. The smallest absolute Gasteiger partial charge is 0.158 e. The van der Waals surface area contributed by atoms with Gasteiger partial charge in [-0.25, -0.2) is 0 Å². The maximum absolute atomic E-state index is 12.3. The second-order valence-electron chi connectivity index (χ2n) is 8.66. The van der Waals surface area contributed by atoms with Crippen molar-refractivity contribution in [2.45, 2.75) is 46.1 Å². The van der Waals surface area contributed by atoms with Crippen molar-refractivity contribution in [1.82, 2.24) is 5.01 Å². The van der Waals surface area contributed by atoms with Gasteiger partial charge in [0.15, 0.2) is 5.78 Å². The molecular weight excluding hydrogens is 348 g/mol. The molecule has 1 heterocycles. The number of phenols is 1. The quantitative estimate of drug-likeness (QED) is 0.811. The molecule has 0 radical (unpaired) electrons. The number of benzene rings is 2. The fourth-order valence-corrected chi connectivity index (χ4v) is 4.17. The molecule has 2 aliphatic rings. The van der Waals surface area contributed by atoms with Gasteiger partial charge in [-0.1, -0.05) is 61.9 Å². The number of phenolic OH excluding ortho intramolecular Hbond substituents is 1. The van der Waals surface area contributed by atoms with Crippen LogP contribution in [0.2, 0.25) is 0 Å². The van der Waals surface area contributed by atoms with Crippen LogP contribution in [0.1, 0.15) is 55.8 Å². The SMILES string of the molecule is Cc1ccc(C2=NN(C3=CC(=O)CC(C)(C)C3)[C@H](c3ccccc3O)C2)cc1. The number of carbonyl (C=O) groups is 1. The van der Waals surface area contributed by atoms with Crippen molar-refractivity contribution in [1.29, 1.82) is 0 Å². The molecule has 2 aromatic carbocycles. The standard InChI is InChI=1S/C24H26N2O2/c1-16-8-10-17(11-9-16)21-13-22(20-6-4-5-7-23(20)28)26(25-21)18-12-19(27)15-24(2,3)14-18/h4-12,22,28H,13-15H2,1-3H3/t22-/m0/s1. The highest BCUT2D eigenvalue weighted by Gasteiger charge is 2.37. The Kier molecular flexibility index (Phi) is 4.58. The number of hydrazone groups is 1. The van der Waals surface area contributed by atoms with Crippen LogP contribution in [0, 0.1) is 12.3 Å². The Morgan fingerprint density at radius 2 is 1.79 bits per heavy atom. The second-order valence-corrected chi connectivity index (χ2v) is 8.66. The Bertz CT molecular complexity index is 970. The summed E-state index contributed by atoms with van der Waals surface area (Å²) in [6, 6.07) is 15.6. The van der Waals surface area contributed by atoms with Gasteiger partial charge in [0.25, 0.3) is 0 Å². The van der Waals surface area contributed by atoms with Gasteiger partial charge >= 0.3 is 0 Å². The molecular formula is C24H26N2O2. The molecule has 28 heavy (non-hydrogen) atoms. The molecule has 0 saturated heterocycles. The lowest BCUT2D eigenvalue weighted by molar-refractivity contribution is -0.117. The summed E-state index contributed by atoms with van der Waals surface area (Å²) in [7, 11) is 0. The Balaban J connectivity index is 1.77. The number of nitrogens with zero attached hydrogens (tertiary/aromatic N) is 2. The first-order chi connectivity index (χ1) is 13.3. The van der Waals surface area contributed by atoms with Gasteiger partial charge in [0.1, 0.15) is 5.75 Å². The van der Waals surface area contributed by atoms with E-state index in [0.29, 0.717) is 12.8 Å². The first-order valence-corrected chi connectivity index (χ1v) is 9.77. The van der Waals surface area contributed by atoms with Gasteiger partial charge in [0.2, 0.25) is 0 Å². The van der Waals surface area contributed by atoms with Crippen LogP contribution in [0.4, 0.5) is 0 Å². The number of aryl methyl sites for hydroxylation is 1. The van der Waals surface area contributed by atoms with Crippen molar-refractivity contribution in [2.75, 3.05) is 0 Å². The highest BCUT2D eigenvalue weighted by Crippen LogP contribution is 2.43. The zero-order valence-corrected chi connectivity index (χ0v) is 16.6. The number of hydrogen-bond donors (Lipinski definition) is 1. The largest absolute Gasteiger partial charge is 0.508 e. The molecule has 0 amide bonds. The van der Waals surface area contributed by atoms with Crippen LogP contribution in [0.3, 0.4) is 0 Å². The Morgan fingerprint density at radius 1 is 1.07 bits per heavy atom. The van der Waals surface area contributed by atoms with Crippen LogP contribution in [0.15, 0.2) is 65.4 Å². The molecule has 1 aliphatic carbocycles. The molecule has 4 nitrogen and oxygen atoms in total. The summed E-state index contributed by atoms with van der Waals surface area (Å²) in [6.45, 7) is 6.30. The average molecular weight is 374 g/mol. The van der Waals surface area contributed by atoms with Gasteiger partial charge < -0.3 is 5.11 Å². The molecule has 0 unspecified atom stereocenters. The molecule has 0 saturated carbocycles. The summed E-state index contributed by atoms with van der Waals surface area (Å²) < 4.78 is 0. The predicted molar refractivity (Wildman–Crippen MR) is 111 cm³/mol. The van der Waals surface area contributed by atoms with E-state index in [1.807, 2.05) is 23.2 Å². The molecule has 2 aromatic rings. The minimum atomic E-state index is -0.120. The third-order valence-corrected chi connectivity index (χ3v) is 5.53. The van der Waals surface area contributed by atoms with E-state index in [9.17, 15) is 9.90 Å². The van der Waals surface area contributed by atoms with Crippen molar-refractivity contribution >= 4 is 11.5 Å². The lowest BCUT2D eigenvalue weighted by Gasteiger charge is -2.34. The first kappa shape index (κ1) is 18.5. The Labute approximate surface area is 166 Å². The summed E-state index contributed by atoms with van der Waals surface area (Å²) in [6.07, 6.45) is 3.76. The molecule has 4 heteroatoms. The van der Waals surface area contributed by atoms with E-state index in [1.54, 1.807) is 12.1 Å².